The molecule has 4 nitrogen and oxygen atoms in total. The zero-order valence-electron chi connectivity index (χ0n) is 14.4. The first-order chi connectivity index (χ1) is 10.6. The number of nitrogens with one attached hydrogen (secondary N) is 2. The van der Waals surface area contributed by atoms with Crippen molar-refractivity contribution in [3.63, 3.8) is 0 Å². The molecule has 0 unspecified atom stereocenters. The fourth-order valence-electron chi connectivity index (χ4n) is 2.17. The summed E-state index contributed by atoms with van der Waals surface area (Å²) < 4.78 is 13.5. The second-order valence-corrected chi connectivity index (χ2v) is 5.88. The quantitative estimate of drug-likeness (QED) is 0.265. The Labute approximate surface area is 156 Å². The van der Waals surface area contributed by atoms with Crippen molar-refractivity contribution in [1.29, 1.82) is 0 Å². The number of guanidine groups is 1. The van der Waals surface area contributed by atoms with Crippen molar-refractivity contribution < 1.29 is 4.39 Å². The van der Waals surface area contributed by atoms with Crippen LogP contribution in [0.25, 0.3) is 0 Å². The molecule has 1 rings (SSSR count). The van der Waals surface area contributed by atoms with Crippen LogP contribution >= 0.6 is 24.0 Å². The molecule has 0 aromatic carbocycles. The lowest BCUT2D eigenvalue weighted by Crippen LogP contribution is -2.37. The van der Waals surface area contributed by atoms with E-state index in [1.807, 2.05) is 0 Å². The van der Waals surface area contributed by atoms with Crippen molar-refractivity contribution in [3.05, 3.63) is 29.8 Å². The number of halogens is 2. The third-order valence-electron chi connectivity index (χ3n) is 3.48. The van der Waals surface area contributed by atoms with Crippen molar-refractivity contribution in [2.24, 2.45) is 10.9 Å². The first kappa shape index (κ1) is 22.1. The molecule has 0 fully saturated rings. The molecule has 0 aliphatic heterocycles. The van der Waals surface area contributed by atoms with Gasteiger partial charge in [-0.2, -0.15) is 0 Å². The number of rotatable bonds is 9. The molecule has 0 amide bonds. The largest absolute Gasteiger partial charge is 0.356 e. The second kappa shape index (κ2) is 13.5. The molecule has 0 aliphatic rings. The minimum atomic E-state index is -0.296. The fraction of sp³-hybridized carbons (Fsp3) is 0.647. The Hall–Kier alpha value is -0.920. The lowest BCUT2D eigenvalue weighted by molar-refractivity contribution is 0.518. The van der Waals surface area contributed by atoms with Crippen LogP contribution in [0.4, 0.5) is 4.39 Å². The average Bonchev–Trinajstić information content (AvgIpc) is 2.50. The molecule has 2 N–H and O–H groups in total. The van der Waals surface area contributed by atoms with Crippen LogP contribution < -0.4 is 10.6 Å². The van der Waals surface area contributed by atoms with Gasteiger partial charge in [-0.25, -0.2) is 4.39 Å². The van der Waals surface area contributed by atoms with Gasteiger partial charge < -0.3 is 10.6 Å². The molecule has 1 aromatic heterocycles. The predicted octanol–water partition coefficient (Wildman–Crippen LogP) is 4.11. The Kier molecular flexibility index (Phi) is 13.0. The summed E-state index contributed by atoms with van der Waals surface area (Å²) in [6.45, 7) is 5.75. The molecule has 0 atom stereocenters. The van der Waals surface area contributed by atoms with E-state index in [1.54, 1.807) is 19.3 Å². The summed E-state index contributed by atoms with van der Waals surface area (Å²) in [5.74, 6) is 1.19. The normalized spacial score (nSPS) is 11.3. The maximum atomic E-state index is 13.5. The molecule has 1 heterocycles. The minimum absolute atomic E-state index is 0. The van der Waals surface area contributed by atoms with Crippen molar-refractivity contribution in [1.82, 2.24) is 15.6 Å². The summed E-state index contributed by atoms with van der Waals surface area (Å²) in [5, 5.41) is 6.33. The molecule has 1 aromatic rings. The Morgan fingerprint density at radius 1 is 1.22 bits per heavy atom. The number of hydrogen-bond acceptors (Lipinski definition) is 2. The van der Waals surface area contributed by atoms with Gasteiger partial charge in [0.05, 0.1) is 12.2 Å². The zero-order valence-corrected chi connectivity index (χ0v) is 16.8. The third-order valence-corrected chi connectivity index (χ3v) is 3.48. The monoisotopic (exact) mass is 436 g/mol. The Morgan fingerprint density at radius 3 is 2.61 bits per heavy atom. The van der Waals surface area contributed by atoms with Gasteiger partial charge in [0.25, 0.3) is 0 Å². The van der Waals surface area contributed by atoms with Crippen molar-refractivity contribution in [2.75, 3.05) is 13.6 Å². The highest BCUT2D eigenvalue weighted by Crippen LogP contribution is 2.08. The van der Waals surface area contributed by atoms with Crippen LogP contribution in [0, 0.1) is 11.7 Å². The van der Waals surface area contributed by atoms with Crippen LogP contribution in [0.5, 0.6) is 0 Å². The van der Waals surface area contributed by atoms with E-state index >= 15 is 0 Å². The van der Waals surface area contributed by atoms with E-state index in [9.17, 15) is 4.39 Å². The van der Waals surface area contributed by atoms with Crippen LogP contribution in [0.3, 0.4) is 0 Å². The summed E-state index contributed by atoms with van der Waals surface area (Å²) in [7, 11) is 1.72. The molecule has 132 valence electrons. The highest BCUT2D eigenvalue weighted by molar-refractivity contribution is 14.0. The Balaban J connectivity index is 0.00000484. The van der Waals surface area contributed by atoms with Crippen LogP contribution in [-0.2, 0) is 6.54 Å². The summed E-state index contributed by atoms with van der Waals surface area (Å²) in [6.07, 6.45) is 7.84. The van der Waals surface area contributed by atoms with Crippen LogP contribution in [0.1, 0.15) is 51.6 Å². The minimum Gasteiger partial charge on any atom is -0.356 e. The highest BCUT2D eigenvalue weighted by Gasteiger charge is 2.03. The molecule has 0 spiro atoms. The lowest BCUT2D eigenvalue weighted by atomic mass is 10.0. The number of aromatic nitrogens is 1. The molecular formula is C17H30FIN4. The van der Waals surface area contributed by atoms with Gasteiger partial charge in [-0.05, 0) is 24.5 Å². The van der Waals surface area contributed by atoms with Gasteiger partial charge in [0.15, 0.2) is 5.96 Å². The van der Waals surface area contributed by atoms with E-state index in [-0.39, 0.29) is 29.8 Å². The molecule has 0 saturated heterocycles. The molecular weight excluding hydrogens is 406 g/mol. The van der Waals surface area contributed by atoms with Gasteiger partial charge in [0.1, 0.15) is 5.82 Å². The van der Waals surface area contributed by atoms with Gasteiger partial charge in [0.2, 0.25) is 0 Å². The maximum Gasteiger partial charge on any atom is 0.191 e. The summed E-state index contributed by atoms with van der Waals surface area (Å²) in [6, 6.07) is 3.00. The zero-order chi connectivity index (χ0) is 16.2. The number of nitrogens with zero attached hydrogens (tertiary/aromatic N) is 2. The number of aliphatic imine (C=N–C) groups is 1. The van der Waals surface area contributed by atoms with E-state index < -0.39 is 0 Å². The number of pyridine rings is 1. The smallest absolute Gasteiger partial charge is 0.191 e. The Bertz CT molecular complexity index is 452. The molecule has 0 bridgehead atoms. The summed E-state index contributed by atoms with van der Waals surface area (Å²) in [4.78, 5) is 8.14. The van der Waals surface area contributed by atoms with Gasteiger partial charge in [-0.1, -0.05) is 39.5 Å². The molecule has 6 heteroatoms. The Morgan fingerprint density at radius 2 is 1.96 bits per heavy atom. The van der Waals surface area contributed by atoms with Crippen molar-refractivity contribution in [2.45, 2.75) is 52.5 Å². The predicted molar refractivity (Wildman–Crippen MR) is 106 cm³/mol. The lowest BCUT2D eigenvalue weighted by Gasteiger charge is -2.12. The summed E-state index contributed by atoms with van der Waals surface area (Å²) in [5.41, 5.74) is 0.402. The van der Waals surface area contributed by atoms with Crippen LogP contribution in [0.15, 0.2) is 23.3 Å². The van der Waals surface area contributed by atoms with E-state index in [2.05, 4.69) is 34.5 Å². The first-order valence-corrected chi connectivity index (χ1v) is 8.17. The van der Waals surface area contributed by atoms with Gasteiger partial charge in [0, 0.05) is 19.8 Å². The summed E-state index contributed by atoms with van der Waals surface area (Å²) >= 11 is 0. The van der Waals surface area contributed by atoms with Crippen LogP contribution in [-0.4, -0.2) is 24.5 Å². The number of unbranched alkanes of at least 4 members (excludes halogenated alkanes) is 3. The van der Waals surface area contributed by atoms with Crippen LogP contribution in [0.2, 0.25) is 0 Å². The molecule has 0 aliphatic carbocycles. The SMILES string of the molecule is CN=C(NCCCCCCC(C)C)NCc1ncccc1F.I. The van der Waals surface area contributed by atoms with Gasteiger partial charge in [-0.3, -0.25) is 9.98 Å². The van der Waals surface area contributed by atoms with E-state index in [1.165, 1.54) is 31.7 Å². The van der Waals surface area contributed by atoms with Gasteiger partial charge in [-0.15, -0.1) is 24.0 Å². The number of hydrogen-bond donors (Lipinski definition) is 2. The highest BCUT2D eigenvalue weighted by atomic mass is 127. The van der Waals surface area contributed by atoms with Gasteiger partial charge >= 0.3 is 0 Å². The third kappa shape index (κ3) is 10.5. The first-order valence-electron chi connectivity index (χ1n) is 8.17. The van der Waals surface area contributed by atoms with E-state index in [0.717, 1.165) is 18.9 Å². The standard InChI is InChI=1S/C17H29FN4.HI/c1-14(2)9-6-4-5-7-11-21-17(19-3)22-13-16-15(18)10-8-12-20-16;/h8,10,12,14H,4-7,9,11,13H2,1-3H3,(H2,19,21,22);1H. The molecule has 0 saturated carbocycles. The average molecular weight is 436 g/mol. The second-order valence-electron chi connectivity index (χ2n) is 5.88. The molecule has 0 radical (unpaired) electrons. The van der Waals surface area contributed by atoms with Crippen molar-refractivity contribution in [3.8, 4) is 0 Å². The fourth-order valence-corrected chi connectivity index (χ4v) is 2.17. The van der Waals surface area contributed by atoms with E-state index in [0.29, 0.717) is 18.2 Å². The van der Waals surface area contributed by atoms with Crippen molar-refractivity contribution >= 4 is 29.9 Å². The maximum absolute atomic E-state index is 13.5. The molecule has 23 heavy (non-hydrogen) atoms. The topological polar surface area (TPSA) is 49.3 Å². The van der Waals surface area contributed by atoms with E-state index in [4.69, 9.17) is 0 Å².